The lowest BCUT2D eigenvalue weighted by molar-refractivity contribution is 0.346. The third-order valence-electron chi connectivity index (χ3n) is 6.45. The normalized spacial score (nSPS) is 14.8. The molecule has 1 unspecified atom stereocenters. The molecule has 37 heavy (non-hydrogen) atoms. The largest absolute Gasteiger partial charge is 0.507 e. The van der Waals surface area contributed by atoms with Crippen molar-refractivity contribution in [3.05, 3.63) is 90.0 Å². The minimum atomic E-state index is -0.271. The molecule has 1 atom stereocenters. The van der Waals surface area contributed by atoms with Crippen LogP contribution in [0.15, 0.2) is 84.0 Å². The van der Waals surface area contributed by atoms with Crippen LogP contribution in [0.1, 0.15) is 23.6 Å². The van der Waals surface area contributed by atoms with E-state index in [1.807, 2.05) is 78.9 Å². The number of aromatic hydroxyl groups is 1. The van der Waals surface area contributed by atoms with Gasteiger partial charge in [-0.05, 0) is 47.9 Å². The molecular formula is C29H27N3O4S. The number of hydrogen-bond acceptors (Lipinski definition) is 6. The molecule has 7 nitrogen and oxygen atoms in total. The summed E-state index contributed by atoms with van der Waals surface area (Å²) in [6, 6.07) is 24.6. The number of phenols is 1. The van der Waals surface area contributed by atoms with Gasteiger partial charge in [-0.3, -0.25) is 0 Å². The van der Waals surface area contributed by atoms with Gasteiger partial charge in [0.2, 0.25) is 0 Å². The zero-order valence-electron chi connectivity index (χ0n) is 20.8. The first-order valence-corrected chi connectivity index (χ1v) is 12.2. The molecule has 0 saturated heterocycles. The van der Waals surface area contributed by atoms with Crippen LogP contribution in [-0.2, 0) is 0 Å². The van der Waals surface area contributed by atoms with Crippen molar-refractivity contribution in [2.45, 2.75) is 12.5 Å². The second kappa shape index (κ2) is 10.4. The fourth-order valence-corrected chi connectivity index (χ4v) is 4.85. The lowest BCUT2D eigenvalue weighted by Crippen LogP contribution is -2.31. The van der Waals surface area contributed by atoms with E-state index in [9.17, 15) is 5.11 Å². The maximum atomic E-state index is 11.2. The molecular weight excluding hydrogens is 486 g/mol. The minimum Gasteiger partial charge on any atom is -0.507 e. The van der Waals surface area contributed by atoms with E-state index < -0.39 is 0 Å². The Kier molecular flexibility index (Phi) is 6.83. The molecule has 4 aromatic carbocycles. The van der Waals surface area contributed by atoms with E-state index in [4.69, 9.17) is 31.5 Å². The molecule has 5 rings (SSSR count). The first-order chi connectivity index (χ1) is 18.0. The van der Waals surface area contributed by atoms with Crippen molar-refractivity contribution in [3.63, 3.8) is 0 Å². The number of thiocarbonyl (C=S) groups is 1. The summed E-state index contributed by atoms with van der Waals surface area (Å²) >= 11 is 5.83. The molecule has 0 aromatic heterocycles. The highest BCUT2D eigenvalue weighted by Gasteiger charge is 2.34. The second-order valence-electron chi connectivity index (χ2n) is 8.56. The van der Waals surface area contributed by atoms with Crippen LogP contribution in [-0.4, -0.2) is 42.3 Å². The molecule has 1 aliphatic heterocycles. The van der Waals surface area contributed by atoms with E-state index in [0.29, 0.717) is 34.3 Å². The van der Waals surface area contributed by atoms with Gasteiger partial charge in [-0.1, -0.05) is 36.4 Å². The summed E-state index contributed by atoms with van der Waals surface area (Å²) in [6.07, 6.45) is 0.508. The monoisotopic (exact) mass is 513 g/mol. The Balaban J connectivity index is 1.56. The van der Waals surface area contributed by atoms with Crippen LogP contribution in [0.5, 0.6) is 23.0 Å². The standard InChI is InChI=1S/C29H27N3O4S/c1-34-20-9-6-8-19(15-20)30-29(37)32-26(24-14-12-21(35-2)16-27(24)36-3)17-25(31-32)23-13-11-18-7-4-5-10-22(18)28(23)33/h4-16,26,33H,17H2,1-3H3,(H,30,37). The predicted molar refractivity (Wildman–Crippen MR) is 150 cm³/mol. The van der Waals surface area contributed by atoms with E-state index in [1.165, 1.54) is 0 Å². The third kappa shape index (κ3) is 4.75. The summed E-state index contributed by atoms with van der Waals surface area (Å²) < 4.78 is 16.5. The van der Waals surface area contributed by atoms with Crippen LogP contribution < -0.4 is 19.5 Å². The molecule has 188 valence electrons. The van der Waals surface area contributed by atoms with Crippen LogP contribution >= 0.6 is 12.2 Å². The van der Waals surface area contributed by atoms with E-state index >= 15 is 0 Å². The van der Waals surface area contributed by atoms with Gasteiger partial charge in [0.25, 0.3) is 0 Å². The maximum Gasteiger partial charge on any atom is 0.194 e. The van der Waals surface area contributed by atoms with E-state index in [0.717, 1.165) is 27.7 Å². The van der Waals surface area contributed by atoms with Crippen molar-refractivity contribution < 1.29 is 19.3 Å². The van der Waals surface area contributed by atoms with Gasteiger partial charge >= 0.3 is 0 Å². The van der Waals surface area contributed by atoms with Crippen molar-refractivity contribution in [2.75, 3.05) is 26.6 Å². The van der Waals surface area contributed by atoms with E-state index in [2.05, 4.69) is 5.32 Å². The number of anilines is 1. The Bertz CT molecular complexity index is 1500. The summed E-state index contributed by atoms with van der Waals surface area (Å²) in [7, 11) is 4.87. The Morgan fingerprint density at radius 3 is 2.49 bits per heavy atom. The first kappa shape index (κ1) is 24.4. The van der Waals surface area contributed by atoms with Crippen molar-refractivity contribution in [1.29, 1.82) is 0 Å². The summed E-state index contributed by atoms with van der Waals surface area (Å²) in [5.41, 5.74) is 3.07. The van der Waals surface area contributed by atoms with Crippen LogP contribution in [0, 0.1) is 0 Å². The van der Waals surface area contributed by atoms with Gasteiger partial charge in [0.05, 0.1) is 33.1 Å². The number of ether oxygens (including phenoxy) is 3. The van der Waals surface area contributed by atoms with Gasteiger partial charge in [0.15, 0.2) is 5.11 Å². The molecule has 0 radical (unpaired) electrons. The minimum absolute atomic E-state index is 0.200. The van der Waals surface area contributed by atoms with Crippen LogP contribution in [0.2, 0.25) is 0 Å². The van der Waals surface area contributed by atoms with E-state index in [1.54, 1.807) is 26.3 Å². The van der Waals surface area contributed by atoms with Crippen molar-refractivity contribution in [2.24, 2.45) is 5.10 Å². The maximum absolute atomic E-state index is 11.2. The molecule has 8 heteroatoms. The van der Waals surface area contributed by atoms with Gasteiger partial charge in [-0.15, -0.1) is 0 Å². The van der Waals surface area contributed by atoms with Crippen molar-refractivity contribution in [1.82, 2.24) is 5.01 Å². The third-order valence-corrected chi connectivity index (χ3v) is 6.74. The number of hydrazone groups is 1. The first-order valence-electron chi connectivity index (χ1n) is 11.8. The molecule has 2 N–H and O–H groups in total. The van der Waals surface area contributed by atoms with Gasteiger partial charge in [-0.25, -0.2) is 5.01 Å². The average Bonchev–Trinajstić information content (AvgIpc) is 3.38. The quantitative estimate of drug-likeness (QED) is 0.301. The fraction of sp³-hybridized carbons (Fsp3) is 0.172. The molecule has 0 saturated carbocycles. The van der Waals surface area contributed by atoms with Crippen molar-refractivity contribution in [3.8, 4) is 23.0 Å². The molecule has 0 spiro atoms. The lowest BCUT2D eigenvalue weighted by atomic mass is 9.95. The molecule has 1 heterocycles. The number of rotatable bonds is 6. The highest BCUT2D eigenvalue weighted by atomic mass is 32.1. The average molecular weight is 514 g/mol. The number of nitrogens with one attached hydrogen (secondary N) is 1. The molecule has 0 bridgehead atoms. The molecule has 0 aliphatic carbocycles. The summed E-state index contributed by atoms with van der Waals surface area (Å²) in [5.74, 6) is 2.27. The van der Waals surface area contributed by atoms with Crippen LogP contribution in [0.4, 0.5) is 5.69 Å². The number of phenolic OH excluding ortho intramolecular Hbond substituents is 1. The van der Waals surface area contributed by atoms with Gasteiger partial charge < -0.3 is 24.6 Å². The Hall–Kier alpha value is -4.30. The second-order valence-corrected chi connectivity index (χ2v) is 8.95. The van der Waals surface area contributed by atoms with E-state index in [-0.39, 0.29) is 11.8 Å². The summed E-state index contributed by atoms with van der Waals surface area (Å²) in [5, 5.41) is 23.2. The molecule has 0 amide bonds. The number of hydrogen-bond donors (Lipinski definition) is 2. The number of fused-ring (bicyclic) bond motifs is 1. The fourth-order valence-electron chi connectivity index (χ4n) is 4.57. The Labute approximate surface area is 220 Å². The Morgan fingerprint density at radius 2 is 1.70 bits per heavy atom. The number of nitrogens with zero attached hydrogens (tertiary/aromatic N) is 2. The SMILES string of the molecule is COc1cccc(NC(=S)N2N=C(c3ccc4ccccc4c3O)CC2c2ccc(OC)cc2OC)c1. The highest BCUT2D eigenvalue weighted by Crippen LogP contribution is 2.41. The number of benzene rings is 4. The van der Waals surface area contributed by atoms with Gasteiger partial charge in [0, 0.05) is 40.8 Å². The van der Waals surface area contributed by atoms with Crippen molar-refractivity contribution >= 4 is 39.5 Å². The molecule has 0 fully saturated rings. The van der Waals surface area contributed by atoms with Gasteiger partial charge in [0.1, 0.15) is 23.0 Å². The molecule has 4 aromatic rings. The zero-order chi connectivity index (χ0) is 25.9. The number of methoxy groups -OCH3 is 3. The van der Waals surface area contributed by atoms with Crippen LogP contribution in [0.3, 0.4) is 0 Å². The smallest absolute Gasteiger partial charge is 0.194 e. The topological polar surface area (TPSA) is 75.6 Å². The van der Waals surface area contributed by atoms with Crippen LogP contribution in [0.25, 0.3) is 10.8 Å². The highest BCUT2D eigenvalue weighted by molar-refractivity contribution is 7.80. The molecule has 1 aliphatic rings. The predicted octanol–water partition coefficient (Wildman–Crippen LogP) is 6.12. The summed E-state index contributed by atoms with van der Waals surface area (Å²) in [6.45, 7) is 0. The Morgan fingerprint density at radius 1 is 0.919 bits per heavy atom. The lowest BCUT2D eigenvalue weighted by Gasteiger charge is -2.26. The summed E-state index contributed by atoms with van der Waals surface area (Å²) in [4.78, 5) is 0. The van der Waals surface area contributed by atoms with Gasteiger partial charge in [-0.2, -0.15) is 5.10 Å². The zero-order valence-corrected chi connectivity index (χ0v) is 21.6.